The summed E-state index contributed by atoms with van der Waals surface area (Å²) in [7, 11) is 0. The molecule has 1 atom stereocenters. The molecule has 1 unspecified atom stereocenters. The number of hydrogen-bond acceptors (Lipinski definition) is 3. The van der Waals surface area contributed by atoms with E-state index in [-0.39, 0.29) is 0 Å². The lowest BCUT2D eigenvalue weighted by Gasteiger charge is -2.19. The van der Waals surface area contributed by atoms with Crippen molar-refractivity contribution in [1.82, 2.24) is 10.3 Å². The summed E-state index contributed by atoms with van der Waals surface area (Å²) in [6.45, 7) is 7.35. The molecule has 0 aliphatic rings. The lowest BCUT2D eigenvalue weighted by molar-refractivity contribution is 0.528. The summed E-state index contributed by atoms with van der Waals surface area (Å²) < 4.78 is 0. The van der Waals surface area contributed by atoms with Crippen molar-refractivity contribution in [1.29, 1.82) is 0 Å². The van der Waals surface area contributed by atoms with Crippen LogP contribution in [0.15, 0.2) is 30.5 Å². The zero-order chi connectivity index (χ0) is 14.5. The molecule has 1 aromatic carbocycles. The fourth-order valence-corrected chi connectivity index (χ4v) is 3.26. The van der Waals surface area contributed by atoms with Crippen molar-refractivity contribution >= 4 is 22.9 Å². The Balaban J connectivity index is 2.15. The minimum Gasteiger partial charge on any atom is -0.314 e. The van der Waals surface area contributed by atoms with Crippen molar-refractivity contribution in [2.45, 2.75) is 39.2 Å². The number of thiazole rings is 1. The molecule has 1 aromatic heterocycles. The van der Waals surface area contributed by atoms with Crippen LogP contribution in [-0.4, -0.2) is 17.6 Å². The summed E-state index contributed by atoms with van der Waals surface area (Å²) >= 11 is 7.91. The van der Waals surface area contributed by atoms with Crippen LogP contribution in [-0.2, 0) is 6.42 Å². The normalized spacial score (nSPS) is 12.8. The minimum atomic E-state index is 0.427. The second kappa shape index (κ2) is 7.21. The number of benzene rings is 1. The van der Waals surface area contributed by atoms with E-state index in [1.54, 1.807) is 11.3 Å². The Labute approximate surface area is 130 Å². The molecule has 0 saturated carbocycles. The first-order valence-corrected chi connectivity index (χ1v) is 8.14. The number of aryl methyl sites for hydroxylation is 1. The first-order chi connectivity index (χ1) is 9.54. The number of rotatable bonds is 6. The average molecular weight is 309 g/mol. The van der Waals surface area contributed by atoms with Crippen LogP contribution >= 0.6 is 22.9 Å². The van der Waals surface area contributed by atoms with Crippen LogP contribution in [0, 0.1) is 6.92 Å². The van der Waals surface area contributed by atoms with Gasteiger partial charge in [-0.1, -0.05) is 37.6 Å². The third-order valence-electron chi connectivity index (χ3n) is 3.21. The predicted octanol–water partition coefficient (Wildman–Crippen LogP) is 4.43. The van der Waals surface area contributed by atoms with Crippen molar-refractivity contribution in [3.63, 3.8) is 0 Å². The van der Waals surface area contributed by atoms with Gasteiger partial charge in [-0.25, -0.2) is 4.98 Å². The Kier molecular flexibility index (Phi) is 5.58. The molecule has 108 valence electrons. The number of nitrogens with zero attached hydrogens (tertiary/aromatic N) is 1. The summed E-state index contributed by atoms with van der Waals surface area (Å²) in [4.78, 5) is 5.68. The molecule has 0 aliphatic heterocycles. The van der Waals surface area contributed by atoms with E-state index >= 15 is 0 Å². The Morgan fingerprint density at radius 2 is 2.15 bits per heavy atom. The first-order valence-electron chi connectivity index (χ1n) is 6.94. The lowest BCUT2D eigenvalue weighted by Crippen LogP contribution is -2.28. The maximum absolute atomic E-state index is 6.13. The van der Waals surface area contributed by atoms with Gasteiger partial charge in [-0.05, 0) is 31.0 Å². The van der Waals surface area contributed by atoms with Gasteiger partial charge in [0.05, 0.1) is 5.01 Å². The summed E-state index contributed by atoms with van der Waals surface area (Å²) in [6.07, 6.45) is 3.00. The van der Waals surface area contributed by atoms with Crippen LogP contribution in [0.4, 0.5) is 0 Å². The molecule has 0 radical (unpaired) electrons. The van der Waals surface area contributed by atoms with E-state index in [0.717, 1.165) is 23.0 Å². The topological polar surface area (TPSA) is 24.9 Å². The molecule has 0 bridgehead atoms. The highest BCUT2D eigenvalue weighted by Crippen LogP contribution is 2.25. The zero-order valence-corrected chi connectivity index (χ0v) is 13.8. The van der Waals surface area contributed by atoms with Crippen LogP contribution in [0.1, 0.15) is 35.2 Å². The summed E-state index contributed by atoms with van der Waals surface area (Å²) in [5.41, 5.74) is 1.29. The van der Waals surface area contributed by atoms with Crippen molar-refractivity contribution < 1.29 is 0 Å². The number of nitrogens with one attached hydrogen (secondary N) is 1. The Hall–Kier alpha value is -0.900. The molecule has 4 heteroatoms. The van der Waals surface area contributed by atoms with Crippen LogP contribution in [0.3, 0.4) is 0 Å². The fraction of sp³-hybridized carbons (Fsp3) is 0.438. The minimum absolute atomic E-state index is 0.427. The zero-order valence-electron chi connectivity index (χ0n) is 12.2. The molecule has 0 amide bonds. The lowest BCUT2D eigenvalue weighted by atomic mass is 9.95. The maximum atomic E-state index is 6.13. The molecule has 0 saturated heterocycles. The van der Waals surface area contributed by atoms with Gasteiger partial charge < -0.3 is 5.32 Å². The molecule has 0 aliphatic carbocycles. The van der Waals surface area contributed by atoms with Gasteiger partial charge in [-0.2, -0.15) is 0 Å². The number of hydrogen-bond donors (Lipinski definition) is 1. The quantitative estimate of drug-likeness (QED) is 0.854. The van der Waals surface area contributed by atoms with Gasteiger partial charge in [0, 0.05) is 34.6 Å². The monoisotopic (exact) mass is 308 g/mol. The van der Waals surface area contributed by atoms with Gasteiger partial charge in [-0.3, -0.25) is 0 Å². The molecular weight excluding hydrogens is 288 g/mol. The molecule has 0 fully saturated rings. The molecule has 1 N–H and O–H groups in total. The van der Waals surface area contributed by atoms with E-state index in [9.17, 15) is 0 Å². The summed E-state index contributed by atoms with van der Waals surface area (Å²) in [5, 5.41) is 5.46. The van der Waals surface area contributed by atoms with E-state index in [0.29, 0.717) is 12.0 Å². The van der Waals surface area contributed by atoms with Crippen molar-refractivity contribution in [3.05, 3.63) is 50.9 Å². The Bertz CT molecular complexity index is 551. The Morgan fingerprint density at radius 1 is 1.35 bits per heavy atom. The van der Waals surface area contributed by atoms with Gasteiger partial charge in [0.2, 0.25) is 0 Å². The van der Waals surface area contributed by atoms with E-state index < -0.39 is 0 Å². The van der Waals surface area contributed by atoms with Gasteiger partial charge in [-0.15, -0.1) is 11.3 Å². The van der Waals surface area contributed by atoms with E-state index in [4.69, 9.17) is 11.6 Å². The highest BCUT2D eigenvalue weighted by Gasteiger charge is 2.14. The van der Waals surface area contributed by atoms with Crippen LogP contribution in [0.25, 0.3) is 0 Å². The third-order valence-corrected chi connectivity index (χ3v) is 4.38. The van der Waals surface area contributed by atoms with Gasteiger partial charge in [0.15, 0.2) is 0 Å². The molecule has 2 rings (SSSR count). The molecular formula is C16H21ClN2S. The predicted molar refractivity (Wildman–Crippen MR) is 87.9 cm³/mol. The van der Waals surface area contributed by atoms with Gasteiger partial charge in [0.1, 0.15) is 0 Å². The van der Waals surface area contributed by atoms with Crippen molar-refractivity contribution in [3.8, 4) is 0 Å². The summed E-state index contributed by atoms with van der Waals surface area (Å²) in [5.74, 6) is 0.427. The third kappa shape index (κ3) is 4.58. The van der Waals surface area contributed by atoms with Gasteiger partial charge >= 0.3 is 0 Å². The highest BCUT2D eigenvalue weighted by atomic mass is 35.5. The molecule has 20 heavy (non-hydrogen) atoms. The second-order valence-corrected chi connectivity index (χ2v) is 7.12. The van der Waals surface area contributed by atoms with E-state index in [2.05, 4.69) is 43.2 Å². The highest BCUT2D eigenvalue weighted by molar-refractivity contribution is 7.11. The molecule has 2 aromatic rings. The van der Waals surface area contributed by atoms with E-state index in [1.807, 2.05) is 18.3 Å². The molecule has 1 heterocycles. The average Bonchev–Trinajstić information content (AvgIpc) is 2.80. The Morgan fingerprint density at radius 3 is 2.75 bits per heavy atom. The maximum Gasteiger partial charge on any atom is 0.0896 e. The number of halogens is 1. The van der Waals surface area contributed by atoms with Crippen LogP contribution in [0.5, 0.6) is 0 Å². The first kappa shape index (κ1) is 15.5. The van der Waals surface area contributed by atoms with Crippen LogP contribution in [0.2, 0.25) is 5.02 Å². The number of aromatic nitrogens is 1. The SMILES string of the molecule is Cc1ncc(CC(CNC(C)C)c2cccc(Cl)c2)s1. The summed E-state index contributed by atoms with van der Waals surface area (Å²) in [6, 6.07) is 8.67. The van der Waals surface area contributed by atoms with Gasteiger partial charge in [0.25, 0.3) is 0 Å². The van der Waals surface area contributed by atoms with Crippen molar-refractivity contribution in [2.75, 3.05) is 6.54 Å². The smallest absolute Gasteiger partial charge is 0.0896 e. The van der Waals surface area contributed by atoms with Crippen LogP contribution < -0.4 is 5.32 Å². The molecule has 2 nitrogen and oxygen atoms in total. The van der Waals surface area contributed by atoms with E-state index in [1.165, 1.54) is 10.4 Å². The second-order valence-electron chi connectivity index (χ2n) is 5.36. The largest absolute Gasteiger partial charge is 0.314 e. The standard InChI is InChI=1S/C16H21ClN2S/c1-11(2)18-9-14(8-16-10-19-12(3)20-16)13-5-4-6-15(17)7-13/h4-7,10-11,14,18H,8-9H2,1-3H3. The van der Waals surface area contributed by atoms with Crippen molar-refractivity contribution in [2.24, 2.45) is 0 Å². The fourth-order valence-electron chi connectivity index (χ4n) is 2.19. The molecule has 0 spiro atoms.